The van der Waals surface area contributed by atoms with Crippen molar-refractivity contribution in [2.24, 2.45) is 0 Å². The summed E-state index contributed by atoms with van der Waals surface area (Å²) in [5.41, 5.74) is 12.1. The van der Waals surface area contributed by atoms with Crippen molar-refractivity contribution in [1.82, 2.24) is 0 Å². The number of benzene rings is 6. The zero-order valence-corrected chi connectivity index (χ0v) is 39.8. The van der Waals surface area contributed by atoms with Crippen LogP contribution in [0, 0.1) is 55.4 Å². The molecule has 8 nitrogen and oxygen atoms in total. The Kier molecular flexibility index (Phi) is 15.6. The van der Waals surface area contributed by atoms with Crippen LogP contribution in [0.2, 0.25) is 0 Å². The summed E-state index contributed by atoms with van der Waals surface area (Å²) in [6.07, 6.45) is 0. The van der Waals surface area contributed by atoms with Crippen molar-refractivity contribution in [3.8, 4) is 34.1 Å². The molecular weight excluding hydrogens is 892 g/mol. The first-order valence-corrected chi connectivity index (χ1v) is 22.4. The topological polar surface area (TPSA) is 112 Å². The predicted molar refractivity (Wildman–Crippen MR) is 246 cm³/mol. The number of carboxylic acid groups (broad SMARTS) is 2. The average molecular weight is 944 g/mol. The molecule has 61 heavy (non-hydrogen) atoms. The van der Waals surface area contributed by atoms with Gasteiger partial charge in [-0.1, -0.05) is 117 Å². The first-order chi connectivity index (χ1) is 28.5. The SMILES string of the molecule is CC(=O)O.CC(=O)O.Cc1cc(C)cc(P(c2cc(C)cc(C)c2)c2ccc3c(c2-c2c(P(c4cc(C)cc(C)c4)c4cc(C)cc(C)c4)ccc4c2OCO4)OCO3)c1.[Ru]. The number of hydrogen-bond acceptors (Lipinski definition) is 6. The number of aliphatic carboxylic acids is 2. The standard InChI is InChI=1S/C46H44O4P2.2C2H4O2.Ru/c1-27-13-28(2)18-35(17-27)51(36-19-29(3)14-30(4)20-36)41-11-9-39-45(49-25-47-39)43(41)44-42(12-10-40-46(44)50-26-48-40)52(37-21-31(5)15-32(6)22-37)38-23-33(7)16-34(8)24-38;2*1-2(3)4;/h9-24H,25-26H2,1-8H3;2*1H3,(H,3,4);. The Bertz CT molecular complexity index is 2230. The number of rotatable bonds is 7. The second-order valence-electron chi connectivity index (χ2n) is 15.5. The van der Waals surface area contributed by atoms with E-state index in [-0.39, 0.29) is 33.1 Å². The van der Waals surface area contributed by atoms with E-state index in [2.05, 4.69) is 152 Å². The van der Waals surface area contributed by atoms with E-state index in [0.29, 0.717) is 0 Å². The molecule has 0 saturated carbocycles. The Balaban J connectivity index is 0.000000722. The molecule has 0 fully saturated rings. The zero-order chi connectivity index (χ0) is 43.4. The van der Waals surface area contributed by atoms with E-state index < -0.39 is 27.8 Å². The quantitative estimate of drug-likeness (QED) is 0.121. The van der Waals surface area contributed by atoms with Crippen molar-refractivity contribution in [1.29, 1.82) is 0 Å². The fourth-order valence-electron chi connectivity index (χ4n) is 7.95. The van der Waals surface area contributed by atoms with E-state index in [9.17, 15) is 0 Å². The van der Waals surface area contributed by atoms with Gasteiger partial charge in [0.15, 0.2) is 23.0 Å². The Morgan fingerprint density at radius 3 is 0.885 bits per heavy atom. The molecule has 0 bridgehead atoms. The van der Waals surface area contributed by atoms with Gasteiger partial charge < -0.3 is 29.2 Å². The van der Waals surface area contributed by atoms with Crippen molar-refractivity contribution < 1.29 is 58.2 Å². The van der Waals surface area contributed by atoms with E-state index >= 15 is 0 Å². The van der Waals surface area contributed by atoms with Gasteiger partial charge in [0.25, 0.3) is 11.9 Å². The molecular formula is C50H52O8P2Ru. The molecule has 2 heterocycles. The third-order valence-electron chi connectivity index (χ3n) is 9.62. The third kappa shape index (κ3) is 11.3. The summed E-state index contributed by atoms with van der Waals surface area (Å²) in [5.74, 6) is 1.36. The van der Waals surface area contributed by atoms with E-state index in [0.717, 1.165) is 48.0 Å². The largest absolute Gasteiger partial charge is 0.481 e. The summed E-state index contributed by atoms with van der Waals surface area (Å²) in [5, 5.41) is 22.4. The van der Waals surface area contributed by atoms with Crippen LogP contribution in [0.25, 0.3) is 11.1 Å². The van der Waals surface area contributed by atoms with Gasteiger partial charge >= 0.3 is 0 Å². The molecule has 0 aromatic heterocycles. The smallest absolute Gasteiger partial charge is 0.300 e. The molecule has 2 N–H and O–H groups in total. The number of carbonyl (C=O) groups is 2. The van der Waals surface area contributed by atoms with Gasteiger partial charge in [-0.05, 0) is 127 Å². The van der Waals surface area contributed by atoms with Gasteiger partial charge in [-0.15, -0.1) is 0 Å². The van der Waals surface area contributed by atoms with Crippen LogP contribution in [0.5, 0.6) is 23.0 Å². The van der Waals surface area contributed by atoms with Crippen molar-refractivity contribution in [2.75, 3.05) is 13.6 Å². The van der Waals surface area contributed by atoms with Crippen LogP contribution in [0.15, 0.2) is 97.1 Å². The zero-order valence-electron chi connectivity index (χ0n) is 36.2. The molecule has 0 aliphatic carbocycles. The van der Waals surface area contributed by atoms with Gasteiger partial charge in [0.1, 0.15) is 0 Å². The van der Waals surface area contributed by atoms with Crippen molar-refractivity contribution in [3.63, 3.8) is 0 Å². The molecule has 2 aliphatic heterocycles. The van der Waals surface area contributed by atoms with Crippen molar-refractivity contribution in [2.45, 2.75) is 69.2 Å². The van der Waals surface area contributed by atoms with Gasteiger partial charge in [0, 0.05) is 44.5 Å². The molecule has 8 rings (SSSR count). The molecule has 0 unspecified atom stereocenters. The van der Waals surface area contributed by atoms with Gasteiger partial charge in [-0.25, -0.2) is 0 Å². The molecule has 0 atom stereocenters. The molecule has 2 aliphatic rings. The van der Waals surface area contributed by atoms with E-state index in [4.69, 9.17) is 38.7 Å². The Labute approximate surface area is 374 Å². The van der Waals surface area contributed by atoms with Crippen LogP contribution in [-0.2, 0) is 29.1 Å². The maximum absolute atomic E-state index is 9.00. The minimum Gasteiger partial charge on any atom is -0.481 e. The summed E-state index contributed by atoms with van der Waals surface area (Å²) in [4.78, 5) is 18.0. The number of carboxylic acids is 2. The van der Waals surface area contributed by atoms with Gasteiger partial charge in [0.2, 0.25) is 13.6 Å². The molecule has 0 spiro atoms. The Morgan fingerprint density at radius 1 is 0.426 bits per heavy atom. The van der Waals surface area contributed by atoms with Crippen LogP contribution in [-0.4, -0.2) is 35.7 Å². The maximum Gasteiger partial charge on any atom is 0.300 e. The molecule has 6 aromatic rings. The molecule has 0 radical (unpaired) electrons. The fourth-order valence-corrected chi connectivity index (χ4v) is 13.6. The van der Waals surface area contributed by atoms with Crippen LogP contribution < -0.4 is 50.8 Å². The number of hydrogen-bond donors (Lipinski definition) is 2. The minimum absolute atomic E-state index is 0. The summed E-state index contributed by atoms with van der Waals surface area (Å²) in [7, 11) is -2.11. The molecule has 6 aromatic carbocycles. The van der Waals surface area contributed by atoms with Crippen LogP contribution in [0.3, 0.4) is 0 Å². The monoisotopic (exact) mass is 944 g/mol. The van der Waals surface area contributed by atoms with Crippen molar-refractivity contribution in [3.05, 3.63) is 142 Å². The van der Waals surface area contributed by atoms with Crippen LogP contribution >= 0.6 is 15.8 Å². The average Bonchev–Trinajstić information content (AvgIpc) is 3.80. The second-order valence-corrected chi connectivity index (χ2v) is 19.9. The fraction of sp³-hybridized carbons (Fsp3) is 0.240. The van der Waals surface area contributed by atoms with E-state index in [1.54, 1.807) is 0 Å². The number of fused-ring (bicyclic) bond motifs is 2. The maximum atomic E-state index is 9.00. The van der Waals surface area contributed by atoms with Gasteiger partial charge in [-0.3, -0.25) is 9.59 Å². The minimum atomic E-state index is -1.05. The second kappa shape index (κ2) is 20.2. The predicted octanol–water partition coefficient (Wildman–Crippen LogP) is 8.97. The number of ether oxygens (including phenoxy) is 4. The normalized spacial score (nSPS) is 11.9. The van der Waals surface area contributed by atoms with E-state index in [1.807, 2.05) is 0 Å². The van der Waals surface area contributed by atoms with Gasteiger partial charge in [-0.2, -0.15) is 0 Å². The summed E-state index contributed by atoms with van der Waals surface area (Å²) >= 11 is 0. The summed E-state index contributed by atoms with van der Waals surface area (Å²) in [6, 6.07) is 36.7. The van der Waals surface area contributed by atoms with Gasteiger partial charge in [0.05, 0.1) is 0 Å². The first-order valence-electron chi connectivity index (χ1n) is 19.7. The molecule has 0 saturated heterocycles. The molecule has 11 heteroatoms. The molecule has 0 amide bonds. The Morgan fingerprint density at radius 2 is 0.656 bits per heavy atom. The summed E-state index contributed by atoms with van der Waals surface area (Å²) < 4.78 is 25.4. The number of aryl methyl sites for hydroxylation is 8. The van der Waals surface area contributed by atoms with Crippen molar-refractivity contribution >= 4 is 59.6 Å². The first kappa shape index (κ1) is 47.0. The third-order valence-corrected chi connectivity index (χ3v) is 14.4. The van der Waals surface area contributed by atoms with Crippen LogP contribution in [0.4, 0.5) is 0 Å². The molecule has 318 valence electrons. The summed E-state index contributed by atoms with van der Waals surface area (Å²) in [6.45, 7) is 20.1. The Hall–Kier alpha value is -5.06. The van der Waals surface area contributed by atoms with Crippen LogP contribution in [0.1, 0.15) is 58.4 Å². The van der Waals surface area contributed by atoms with E-state index in [1.165, 1.54) is 76.3 Å².